The first-order valence-corrected chi connectivity index (χ1v) is 8.82. The summed E-state index contributed by atoms with van der Waals surface area (Å²) in [5, 5.41) is 10.9. The number of hydrogen-bond acceptors (Lipinski definition) is 5. The van der Waals surface area contributed by atoms with Gasteiger partial charge in [0.1, 0.15) is 0 Å². The Morgan fingerprint density at radius 1 is 1.53 bits per heavy atom. The van der Waals surface area contributed by atoms with E-state index in [2.05, 4.69) is 4.72 Å². The Hall–Kier alpha value is -0.0800. The molecule has 0 aliphatic carbocycles. The normalized spacial score (nSPS) is 20.9. The van der Waals surface area contributed by atoms with Crippen LogP contribution >= 0.6 is 23.1 Å². The summed E-state index contributed by atoms with van der Waals surface area (Å²) in [6, 6.07) is 1.52. The standard InChI is InChI=1S/C10H15NO3S3/c12-6-9-4-10(7-16-9)17(13,14)11-5-8-2-1-3-15-8/h4,7-8,11-12H,1-3,5-6H2. The number of sulfonamides is 1. The Labute approximate surface area is 109 Å². The zero-order chi connectivity index (χ0) is 12.3. The van der Waals surface area contributed by atoms with Crippen molar-refractivity contribution in [2.24, 2.45) is 0 Å². The van der Waals surface area contributed by atoms with Crippen LogP contribution in [0.2, 0.25) is 0 Å². The summed E-state index contributed by atoms with van der Waals surface area (Å²) in [5.74, 6) is 1.12. The average molecular weight is 293 g/mol. The molecule has 1 unspecified atom stereocenters. The van der Waals surface area contributed by atoms with Gasteiger partial charge in [0.05, 0.1) is 11.5 Å². The van der Waals surface area contributed by atoms with Crippen molar-refractivity contribution in [3.8, 4) is 0 Å². The maximum absolute atomic E-state index is 11.9. The molecule has 0 amide bonds. The fourth-order valence-electron chi connectivity index (χ4n) is 1.68. The minimum atomic E-state index is -3.40. The molecular weight excluding hydrogens is 278 g/mol. The van der Waals surface area contributed by atoms with Gasteiger partial charge in [-0.25, -0.2) is 13.1 Å². The van der Waals surface area contributed by atoms with Gasteiger partial charge in [-0.2, -0.15) is 11.8 Å². The summed E-state index contributed by atoms with van der Waals surface area (Å²) in [5.41, 5.74) is 0. The summed E-state index contributed by atoms with van der Waals surface area (Å²) >= 11 is 3.08. The van der Waals surface area contributed by atoms with E-state index < -0.39 is 10.0 Å². The van der Waals surface area contributed by atoms with Gasteiger partial charge in [-0.3, -0.25) is 0 Å². The molecule has 1 aromatic rings. The van der Waals surface area contributed by atoms with Crippen LogP contribution in [0.5, 0.6) is 0 Å². The molecule has 1 aliphatic rings. The molecule has 1 aromatic heterocycles. The Kier molecular flexibility index (Phi) is 4.48. The highest BCUT2D eigenvalue weighted by Gasteiger charge is 2.20. The van der Waals surface area contributed by atoms with E-state index in [1.807, 2.05) is 11.8 Å². The molecule has 1 aliphatic heterocycles. The minimum Gasteiger partial charge on any atom is -0.391 e. The van der Waals surface area contributed by atoms with E-state index in [1.54, 1.807) is 5.38 Å². The van der Waals surface area contributed by atoms with E-state index in [4.69, 9.17) is 5.11 Å². The molecule has 1 atom stereocenters. The molecule has 4 nitrogen and oxygen atoms in total. The molecule has 2 heterocycles. The smallest absolute Gasteiger partial charge is 0.241 e. The maximum atomic E-state index is 11.9. The van der Waals surface area contributed by atoms with Crippen molar-refractivity contribution in [3.63, 3.8) is 0 Å². The summed E-state index contributed by atoms with van der Waals surface area (Å²) < 4.78 is 26.5. The summed E-state index contributed by atoms with van der Waals surface area (Å²) in [7, 11) is -3.40. The van der Waals surface area contributed by atoms with Crippen LogP contribution in [0, 0.1) is 0 Å². The molecular formula is C10H15NO3S3. The predicted octanol–water partition coefficient (Wildman–Crippen LogP) is 1.41. The topological polar surface area (TPSA) is 66.4 Å². The van der Waals surface area contributed by atoms with Gasteiger partial charge in [0, 0.05) is 22.1 Å². The molecule has 0 radical (unpaired) electrons. The first-order chi connectivity index (χ1) is 8.12. The number of hydrogen-bond donors (Lipinski definition) is 2. The van der Waals surface area contributed by atoms with E-state index in [9.17, 15) is 8.42 Å². The Morgan fingerprint density at radius 2 is 2.35 bits per heavy atom. The molecule has 2 N–H and O–H groups in total. The lowest BCUT2D eigenvalue weighted by molar-refractivity contribution is 0.285. The SMILES string of the molecule is O=S(=O)(NCC1CCCS1)c1csc(CO)c1. The third-order valence-corrected chi connectivity index (χ3v) is 6.49. The van der Waals surface area contributed by atoms with Gasteiger partial charge in [-0.05, 0) is 24.7 Å². The molecule has 1 fully saturated rings. The second kappa shape index (κ2) is 5.71. The zero-order valence-electron chi connectivity index (χ0n) is 9.26. The summed E-state index contributed by atoms with van der Waals surface area (Å²) in [6.45, 7) is 0.385. The highest BCUT2D eigenvalue weighted by molar-refractivity contribution is 8.00. The Morgan fingerprint density at radius 3 is 2.94 bits per heavy atom. The van der Waals surface area contributed by atoms with E-state index >= 15 is 0 Å². The fraction of sp³-hybridized carbons (Fsp3) is 0.600. The molecule has 2 rings (SSSR count). The second-order valence-electron chi connectivity index (χ2n) is 3.89. The highest BCUT2D eigenvalue weighted by Crippen LogP contribution is 2.26. The first-order valence-electron chi connectivity index (χ1n) is 5.41. The van der Waals surface area contributed by atoms with Crippen LogP contribution in [0.3, 0.4) is 0 Å². The van der Waals surface area contributed by atoms with Gasteiger partial charge < -0.3 is 5.11 Å². The molecule has 0 saturated carbocycles. The lowest BCUT2D eigenvalue weighted by atomic mass is 10.2. The van der Waals surface area contributed by atoms with E-state index in [0.29, 0.717) is 16.7 Å². The van der Waals surface area contributed by atoms with Crippen molar-refractivity contribution in [2.45, 2.75) is 29.6 Å². The average Bonchev–Trinajstić information content (AvgIpc) is 2.98. The van der Waals surface area contributed by atoms with Gasteiger partial charge >= 0.3 is 0 Å². The third kappa shape index (κ3) is 3.45. The molecule has 7 heteroatoms. The number of thioether (sulfide) groups is 1. The van der Waals surface area contributed by atoms with Gasteiger partial charge in [-0.1, -0.05) is 0 Å². The number of aliphatic hydroxyl groups excluding tert-OH is 1. The quantitative estimate of drug-likeness (QED) is 0.861. The monoisotopic (exact) mass is 293 g/mol. The van der Waals surface area contributed by atoms with Crippen molar-refractivity contribution >= 4 is 33.1 Å². The summed E-state index contributed by atoms with van der Waals surface area (Å²) in [6.07, 6.45) is 2.25. The number of nitrogens with one attached hydrogen (secondary N) is 1. The fourth-order valence-corrected chi connectivity index (χ4v) is 5.20. The van der Waals surface area contributed by atoms with Crippen molar-refractivity contribution in [3.05, 3.63) is 16.3 Å². The molecule has 17 heavy (non-hydrogen) atoms. The van der Waals surface area contributed by atoms with E-state index in [1.165, 1.54) is 23.8 Å². The molecule has 0 aromatic carbocycles. The summed E-state index contributed by atoms with van der Waals surface area (Å²) in [4.78, 5) is 0.926. The number of rotatable bonds is 5. The Balaban J connectivity index is 1.97. The van der Waals surface area contributed by atoms with Crippen molar-refractivity contribution < 1.29 is 13.5 Å². The van der Waals surface area contributed by atoms with E-state index in [-0.39, 0.29) is 11.5 Å². The van der Waals surface area contributed by atoms with Crippen molar-refractivity contribution in [1.82, 2.24) is 4.72 Å². The number of thiophene rings is 1. The lowest BCUT2D eigenvalue weighted by Gasteiger charge is -2.09. The lowest BCUT2D eigenvalue weighted by Crippen LogP contribution is -2.29. The number of aliphatic hydroxyl groups is 1. The zero-order valence-corrected chi connectivity index (χ0v) is 11.7. The third-order valence-electron chi connectivity index (χ3n) is 2.62. The second-order valence-corrected chi connectivity index (χ2v) is 8.06. The van der Waals surface area contributed by atoms with Crippen LogP contribution < -0.4 is 4.72 Å². The highest BCUT2D eigenvalue weighted by atomic mass is 32.2. The molecule has 0 bridgehead atoms. The van der Waals surface area contributed by atoms with E-state index in [0.717, 1.165) is 12.2 Å². The van der Waals surface area contributed by atoms with Crippen LogP contribution in [0.25, 0.3) is 0 Å². The largest absolute Gasteiger partial charge is 0.391 e. The van der Waals surface area contributed by atoms with Crippen LogP contribution in [0.15, 0.2) is 16.3 Å². The van der Waals surface area contributed by atoms with Crippen LogP contribution in [0.4, 0.5) is 0 Å². The predicted molar refractivity (Wildman–Crippen MR) is 70.9 cm³/mol. The van der Waals surface area contributed by atoms with Gasteiger partial charge in [-0.15, -0.1) is 11.3 Å². The maximum Gasteiger partial charge on any atom is 0.241 e. The van der Waals surface area contributed by atoms with Crippen LogP contribution in [-0.4, -0.2) is 31.1 Å². The molecule has 96 valence electrons. The Bertz CT molecular complexity index is 463. The molecule has 0 spiro atoms. The van der Waals surface area contributed by atoms with Crippen LogP contribution in [0.1, 0.15) is 17.7 Å². The van der Waals surface area contributed by atoms with Gasteiger partial charge in [0.15, 0.2) is 0 Å². The van der Waals surface area contributed by atoms with Crippen LogP contribution in [-0.2, 0) is 16.6 Å². The van der Waals surface area contributed by atoms with Gasteiger partial charge in [0.25, 0.3) is 0 Å². The van der Waals surface area contributed by atoms with Crippen molar-refractivity contribution in [2.75, 3.05) is 12.3 Å². The minimum absolute atomic E-state index is 0.112. The molecule has 1 saturated heterocycles. The first kappa shape index (κ1) is 13.4. The van der Waals surface area contributed by atoms with Gasteiger partial charge in [0.2, 0.25) is 10.0 Å². The van der Waals surface area contributed by atoms with Crippen molar-refractivity contribution in [1.29, 1.82) is 0 Å².